The second kappa shape index (κ2) is 17.5. The van der Waals surface area contributed by atoms with Crippen LogP contribution in [0, 0.1) is 4.84 Å². The monoisotopic (exact) mass is 1350 g/mol. The van der Waals surface area contributed by atoms with Gasteiger partial charge in [0, 0.05) is 0 Å². The van der Waals surface area contributed by atoms with Crippen molar-refractivity contribution in [1.29, 1.82) is 0 Å². The Balaban J connectivity index is 7.66. The first-order valence-corrected chi connectivity index (χ1v) is 22.5. The molecule has 0 rings (SSSR count). The highest BCUT2D eigenvalue weighted by molar-refractivity contribution is 6.86. The van der Waals surface area contributed by atoms with Gasteiger partial charge in [-0.15, -0.1) is 0 Å². The van der Waals surface area contributed by atoms with Gasteiger partial charge < -0.3 is 0 Å². The molecular formula is C16Cl33. The minimum Gasteiger partial charge on any atom is -0.0946 e. The van der Waals surface area contributed by atoms with Crippen LogP contribution >= 0.6 is 383 Å². The van der Waals surface area contributed by atoms with E-state index >= 15 is 0 Å². The zero-order valence-electron chi connectivity index (χ0n) is 20.5. The molecule has 0 fully saturated rings. The molecule has 0 heterocycles. The molecule has 0 aromatic heterocycles. The predicted octanol–water partition coefficient (Wildman–Crippen LogP) is 19.8. The molecule has 0 aliphatic carbocycles. The predicted molar refractivity (Wildman–Crippen MR) is 237 cm³/mol. The van der Waals surface area contributed by atoms with Gasteiger partial charge in [-0.1, -0.05) is 383 Å². The van der Waals surface area contributed by atoms with Crippen molar-refractivity contribution in [2.24, 2.45) is 0 Å². The highest BCUT2D eigenvalue weighted by Gasteiger charge is 2.87. The van der Waals surface area contributed by atoms with Gasteiger partial charge in [-0.05, 0) is 0 Å². The molecule has 1 radical (unpaired) electrons. The summed E-state index contributed by atoms with van der Waals surface area (Å²) in [5, 5.41) is 0. The van der Waals surface area contributed by atoms with E-state index in [-0.39, 0.29) is 0 Å². The Kier molecular flexibility index (Phi) is 20.9. The SMILES string of the molecule is Cl[C](Cl)C(Cl)(Cl)C(Cl)(Cl)C(Cl)(Cl)C(Cl)(Cl)C(Cl)(Cl)C(Cl)(Cl)C(Cl)(Cl)C(Cl)(Cl)C(Cl)(Cl)C(Cl)(Cl)C(Cl)(Cl)C(Cl)(Cl)C(Cl)(Cl)C(Cl)(Cl)C(Cl)(Cl)Cl. The fraction of sp³-hybridized carbons (Fsp3) is 0.938. The largest absolute Gasteiger partial charge is 0.226 e. The van der Waals surface area contributed by atoms with Crippen molar-refractivity contribution in [3.05, 3.63) is 4.84 Å². The van der Waals surface area contributed by atoms with Gasteiger partial charge in [0.2, 0.25) is 8.13 Å². The van der Waals surface area contributed by atoms with Gasteiger partial charge in [-0.25, -0.2) is 0 Å². The fourth-order valence-corrected chi connectivity index (χ4v) is 13.5. The lowest BCUT2D eigenvalue weighted by atomic mass is 9.97. The number of hydrogen-bond acceptors (Lipinski definition) is 0. The molecule has 295 valence electrons. The Bertz CT molecular complexity index is 1190. The van der Waals surface area contributed by atoms with Crippen molar-refractivity contribution in [3.63, 3.8) is 0 Å². The molecule has 0 bridgehead atoms. The van der Waals surface area contributed by atoms with Crippen LogP contribution < -0.4 is 0 Å². The van der Waals surface area contributed by atoms with Crippen LogP contribution in [0.4, 0.5) is 0 Å². The summed E-state index contributed by atoms with van der Waals surface area (Å²) in [5.74, 6) is 0. The third-order valence-electron chi connectivity index (χ3n) is 5.72. The molecule has 0 saturated carbocycles. The van der Waals surface area contributed by atoms with Crippen LogP contribution in [0.2, 0.25) is 0 Å². The third-order valence-corrected chi connectivity index (χ3v) is 28.8. The Labute approximate surface area is 444 Å². The highest BCUT2D eigenvalue weighted by atomic mass is 35.6. The molecule has 0 aromatic carbocycles. The molecule has 0 N–H and O–H groups in total. The zero-order chi connectivity index (χ0) is 41.1. The molecule has 0 aliphatic heterocycles. The van der Waals surface area contributed by atoms with Crippen LogP contribution in [0.5, 0.6) is 0 Å². The summed E-state index contributed by atoms with van der Waals surface area (Å²) in [4.78, 5) is -0.972. The maximum Gasteiger partial charge on any atom is 0.226 e. The summed E-state index contributed by atoms with van der Waals surface area (Å²) in [6, 6.07) is 0. The van der Waals surface area contributed by atoms with Gasteiger partial charge in [-0.3, -0.25) is 0 Å². The van der Waals surface area contributed by atoms with E-state index in [1.54, 1.807) is 0 Å². The molecular weight excluding hydrogens is 1360 g/mol. The molecule has 49 heavy (non-hydrogen) atoms. The Morgan fingerprint density at radius 1 is 0.184 bits per heavy atom. The van der Waals surface area contributed by atoms with Crippen molar-refractivity contribution < 1.29 is 0 Å². The van der Waals surface area contributed by atoms with Crippen molar-refractivity contribution in [1.82, 2.24) is 0 Å². The van der Waals surface area contributed by atoms with Crippen LogP contribution in [0.15, 0.2) is 0 Å². The fourth-order valence-electron chi connectivity index (χ4n) is 2.66. The van der Waals surface area contributed by atoms with Crippen LogP contribution in [0.25, 0.3) is 0 Å². The number of rotatable bonds is 14. The number of halogens is 33. The molecule has 33 heteroatoms. The first-order chi connectivity index (χ1) is 20.4. The van der Waals surface area contributed by atoms with Gasteiger partial charge in [0.05, 0.1) is 0 Å². The van der Waals surface area contributed by atoms with Crippen LogP contribution in [0.1, 0.15) is 0 Å². The van der Waals surface area contributed by atoms with Gasteiger partial charge in [-0.2, -0.15) is 0 Å². The van der Waals surface area contributed by atoms with E-state index < -0.39 is 69.3 Å². The van der Waals surface area contributed by atoms with Gasteiger partial charge >= 0.3 is 0 Å². The molecule has 0 saturated heterocycles. The van der Waals surface area contributed by atoms with Crippen molar-refractivity contribution >= 4 is 383 Å². The molecule has 0 atom stereocenters. The van der Waals surface area contributed by atoms with Crippen LogP contribution in [-0.2, 0) is 0 Å². The zero-order valence-corrected chi connectivity index (χ0v) is 45.4. The van der Waals surface area contributed by atoms with E-state index in [0.29, 0.717) is 0 Å². The van der Waals surface area contributed by atoms with Gasteiger partial charge in [0.25, 0.3) is 0 Å². The number of alkyl halides is 31. The summed E-state index contributed by atoms with van der Waals surface area (Å²) >= 11 is 207. The Morgan fingerprint density at radius 2 is 0.306 bits per heavy atom. The Morgan fingerprint density at radius 3 is 0.429 bits per heavy atom. The van der Waals surface area contributed by atoms with Crippen molar-refractivity contribution in [2.45, 2.75) is 64.5 Å². The molecule has 0 spiro atoms. The second-order valence-corrected chi connectivity index (χ2v) is 30.6. The van der Waals surface area contributed by atoms with E-state index in [9.17, 15) is 0 Å². The van der Waals surface area contributed by atoms with Gasteiger partial charge in [0.15, 0.2) is 61.2 Å². The molecule has 0 amide bonds. The Hall–Kier alpha value is 9.57. The molecule has 0 unspecified atom stereocenters. The maximum atomic E-state index is 6.51. The summed E-state index contributed by atoms with van der Waals surface area (Å²) < 4.78 is -50.1. The topological polar surface area (TPSA) is 0 Å². The van der Waals surface area contributed by atoms with Crippen LogP contribution in [0.3, 0.4) is 0 Å². The molecule has 0 nitrogen and oxygen atoms in total. The van der Waals surface area contributed by atoms with Crippen molar-refractivity contribution in [2.75, 3.05) is 0 Å². The maximum absolute atomic E-state index is 6.51. The van der Waals surface area contributed by atoms with E-state index in [0.717, 1.165) is 0 Å². The van der Waals surface area contributed by atoms with Crippen molar-refractivity contribution in [3.8, 4) is 0 Å². The smallest absolute Gasteiger partial charge is 0.0946 e. The van der Waals surface area contributed by atoms with Crippen LogP contribution in [-0.4, -0.2) is 64.5 Å². The quantitative estimate of drug-likeness (QED) is 0.152. The first kappa shape index (κ1) is 58.6. The average Bonchev–Trinajstić information content (AvgIpc) is 2.86. The lowest BCUT2D eigenvalue weighted by Crippen LogP contribution is -2.75. The summed E-state index contributed by atoms with van der Waals surface area (Å²) in [6.45, 7) is 0. The summed E-state index contributed by atoms with van der Waals surface area (Å²) in [7, 11) is 0. The minimum atomic E-state index is -3.59. The average molecular weight is 1360 g/mol. The minimum absolute atomic E-state index is 0.972. The molecule has 0 aliphatic rings. The normalized spacial score (nSPS) is 17.3. The highest BCUT2D eigenvalue weighted by Crippen LogP contribution is 2.78. The van der Waals surface area contributed by atoms with E-state index in [4.69, 9.17) is 383 Å². The lowest BCUT2D eigenvalue weighted by Gasteiger charge is -2.58. The first-order valence-electron chi connectivity index (χ1n) is 9.99. The van der Waals surface area contributed by atoms with E-state index in [1.807, 2.05) is 0 Å². The van der Waals surface area contributed by atoms with E-state index in [2.05, 4.69) is 0 Å². The summed E-state index contributed by atoms with van der Waals surface area (Å²) in [5.41, 5.74) is 0. The lowest BCUT2D eigenvalue weighted by molar-refractivity contribution is 0.400. The second-order valence-electron chi connectivity index (χ2n) is 8.80. The number of hydrogen-bond donors (Lipinski definition) is 0. The summed E-state index contributed by atoms with van der Waals surface area (Å²) in [6.07, 6.45) is 0. The van der Waals surface area contributed by atoms with E-state index in [1.165, 1.54) is 0 Å². The third kappa shape index (κ3) is 8.87. The molecule has 0 aromatic rings. The standard InChI is InChI=1S/C16Cl33/c17-1(18)2(19,20)3(21,22)4(23,24)5(25,26)6(27,28)7(29,30)8(31,32)9(33,34)10(35,36)11(37,38)12(39,40)13(41,42)14(43,44)15(45,46)16(47,48)49. The van der Waals surface area contributed by atoms with Gasteiger partial charge in [0.1, 0.15) is 0 Å².